The van der Waals surface area contributed by atoms with Gasteiger partial charge in [0.2, 0.25) is 0 Å². The average molecular weight is 423 g/mol. The number of rotatable bonds is 10. The summed E-state index contributed by atoms with van der Waals surface area (Å²) in [6.45, 7) is 0.176. The van der Waals surface area contributed by atoms with Gasteiger partial charge in [0, 0.05) is 33.9 Å². The fraction of sp³-hybridized carbons (Fsp3) is 0.429. The van der Waals surface area contributed by atoms with Gasteiger partial charge in [-0.2, -0.15) is 8.42 Å². The predicted octanol–water partition coefficient (Wildman–Crippen LogP) is 0.988. The summed E-state index contributed by atoms with van der Waals surface area (Å²) in [5.41, 5.74) is -0.593. The van der Waals surface area contributed by atoms with Crippen LogP contribution in [0, 0.1) is 0 Å². The normalized spacial score (nSPS) is 11.9. The SMILES string of the molecule is CO[Si](CCCNC(=O)Oc1ccc(S(=O)(=O)O)cc1C(=O)O)(OC)OC. The van der Waals surface area contributed by atoms with E-state index in [1.807, 2.05) is 0 Å². The van der Waals surface area contributed by atoms with Crippen LogP contribution >= 0.6 is 0 Å². The highest BCUT2D eigenvalue weighted by Crippen LogP contribution is 2.23. The van der Waals surface area contributed by atoms with Crippen LogP contribution in [0.2, 0.25) is 6.04 Å². The van der Waals surface area contributed by atoms with Crippen molar-refractivity contribution in [3.63, 3.8) is 0 Å². The molecule has 1 amide bonds. The van der Waals surface area contributed by atoms with Crippen molar-refractivity contribution < 1.29 is 45.7 Å². The molecular weight excluding hydrogens is 402 g/mol. The molecule has 3 N–H and O–H groups in total. The van der Waals surface area contributed by atoms with E-state index in [9.17, 15) is 18.0 Å². The summed E-state index contributed by atoms with van der Waals surface area (Å²) >= 11 is 0. The standard InChI is InChI=1S/C14H21NO10SSi/c1-22-27(23-2,24-3)8-4-7-15-14(18)25-12-6-5-10(26(19,20)21)9-11(12)13(16)17/h5-6,9H,4,7-8H2,1-3H3,(H,15,18)(H,16,17)(H,19,20,21). The van der Waals surface area contributed by atoms with Crippen molar-refractivity contribution in [3.8, 4) is 5.75 Å². The number of aromatic carboxylic acids is 1. The number of carbonyl (C=O) groups excluding carboxylic acids is 1. The van der Waals surface area contributed by atoms with E-state index >= 15 is 0 Å². The third-order valence-corrected chi connectivity index (χ3v) is 7.23. The second-order valence-electron chi connectivity index (χ2n) is 5.15. The molecule has 0 aromatic heterocycles. The number of benzene rings is 1. The van der Waals surface area contributed by atoms with Crippen molar-refractivity contribution in [1.82, 2.24) is 5.32 Å². The maximum absolute atomic E-state index is 11.8. The largest absolute Gasteiger partial charge is 0.500 e. The first-order valence-electron chi connectivity index (χ1n) is 7.54. The van der Waals surface area contributed by atoms with E-state index in [1.54, 1.807) is 0 Å². The minimum absolute atomic E-state index is 0.176. The molecule has 1 aromatic rings. The molecule has 0 heterocycles. The Kier molecular flexibility index (Phi) is 8.33. The fourth-order valence-electron chi connectivity index (χ4n) is 2.11. The number of carboxylic acids is 1. The van der Waals surface area contributed by atoms with Gasteiger partial charge in [0.25, 0.3) is 10.1 Å². The number of carbonyl (C=O) groups is 2. The minimum Gasteiger partial charge on any atom is -0.478 e. The lowest BCUT2D eigenvalue weighted by atomic mass is 10.2. The van der Waals surface area contributed by atoms with Gasteiger partial charge in [-0.3, -0.25) is 4.55 Å². The van der Waals surface area contributed by atoms with E-state index in [-0.39, 0.29) is 12.3 Å². The smallest absolute Gasteiger partial charge is 0.478 e. The summed E-state index contributed by atoms with van der Waals surface area (Å²) in [6.07, 6.45) is -0.485. The van der Waals surface area contributed by atoms with Crippen LogP contribution in [0.5, 0.6) is 5.75 Å². The maximum atomic E-state index is 11.8. The monoisotopic (exact) mass is 423 g/mol. The van der Waals surface area contributed by atoms with E-state index in [1.165, 1.54) is 21.3 Å². The number of hydrogen-bond acceptors (Lipinski definition) is 8. The first-order chi connectivity index (χ1) is 12.6. The van der Waals surface area contributed by atoms with Crippen LogP contribution in [0.25, 0.3) is 0 Å². The molecule has 0 fully saturated rings. The maximum Gasteiger partial charge on any atom is 0.500 e. The van der Waals surface area contributed by atoms with Crippen molar-refractivity contribution >= 4 is 31.0 Å². The molecule has 0 saturated heterocycles. The van der Waals surface area contributed by atoms with Gasteiger partial charge in [0.1, 0.15) is 11.3 Å². The Morgan fingerprint density at radius 1 is 1.15 bits per heavy atom. The third kappa shape index (κ3) is 6.57. The van der Waals surface area contributed by atoms with Crippen molar-refractivity contribution in [2.75, 3.05) is 27.9 Å². The van der Waals surface area contributed by atoms with Crippen molar-refractivity contribution in [2.45, 2.75) is 17.4 Å². The molecule has 152 valence electrons. The lowest BCUT2D eigenvalue weighted by Crippen LogP contribution is -2.43. The number of hydrogen-bond donors (Lipinski definition) is 3. The number of amides is 1. The molecule has 13 heteroatoms. The second-order valence-corrected chi connectivity index (χ2v) is 9.67. The van der Waals surface area contributed by atoms with Crippen LogP contribution in [0.4, 0.5) is 4.79 Å². The van der Waals surface area contributed by atoms with Gasteiger partial charge in [-0.1, -0.05) is 0 Å². The average Bonchev–Trinajstić information content (AvgIpc) is 2.61. The molecule has 0 atom stereocenters. The van der Waals surface area contributed by atoms with Crippen molar-refractivity contribution in [1.29, 1.82) is 0 Å². The summed E-state index contributed by atoms with van der Waals surface area (Å²) in [7, 11) is -2.97. The van der Waals surface area contributed by atoms with Crippen LogP contribution < -0.4 is 10.1 Å². The quantitative estimate of drug-likeness (QED) is 0.281. The van der Waals surface area contributed by atoms with Gasteiger partial charge >= 0.3 is 20.9 Å². The molecule has 0 radical (unpaired) electrons. The molecule has 0 unspecified atom stereocenters. The molecular formula is C14H21NO10SSi. The Hall–Kier alpha value is -2.03. The Morgan fingerprint density at radius 3 is 2.22 bits per heavy atom. The molecule has 1 aromatic carbocycles. The Labute approximate surface area is 157 Å². The van der Waals surface area contributed by atoms with E-state index in [2.05, 4.69) is 5.32 Å². The van der Waals surface area contributed by atoms with E-state index in [4.69, 9.17) is 27.7 Å². The van der Waals surface area contributed by atoms with Crippen LogP contribution in [0.15, 0.2) is 23.1 Å². The summed E-state index contributed by atoms with van der Waals surface area (Å²) in [5, 5.41) is 11.5. The molecule has 0 saturated carbocycles. The highest BCUT2D eigenvalue weighted by Gasteiger charge is 2.36. The lowest BCUT2D eigenvalue weighted by Gasteiger charge is -2.24. The van der Waals surface area contributed by atoms with E-state index in [0.29, 0.717) is 18.5 Å². The van der Waals surface area contributed by atoms with Crippen LogP contribution in [-0.4, -0.2) is 66.8 Å². The predicted molar refractivity (Wildman–Crippen MR) is 93.4 cm³/mol. The topological polar surface area (TPSA) is 158 Å². The summed E-state index contributed by atoms with van der Waals surface area (Å²) in [4.78, 5) is 22.4. The van der Waals surface area contributed by atoms with Crippen LogP contribution in [0.1, 0.15) is 16.8 Å². The summed E-state index contributed by atoms with van der Waals surface area (Å²) in [6, 6.07) is 3.00. The zero-order valence-corrected chi connectivity index (χ0v) is 16.7. The zero-order chi connectivity index (χ0) is 20.7. The zero-order valence-electron chi connectivity index (χ0n) is 14.9. The second kappa shape index (κ2) is 9.77. The number of carboxylic acid groups (broad SMARTS) is 1. The highest BCUT2D eigenvalue weighted by atomic mass is 32.2. The molecule has 11 nitrogen and oxygen atoms in total. The van der Waals surface area contributed by atoms with Gasteiger partial charge in [0.15, 0.2) is 0 Å². The first-order valence-corrected chi connectivity index (χ1v) is 10.9. The lowest BCUT2D eigenvalue weighted by molar-refractivity contribution is 0.0693. The summed E-state index contributed by atoms with van der Waals surface area (Å²) in [5.74, 6) is -1.90. The molecule has 0 aliphatic carbocycles. The highest BCUT2D eigenvalue weighted by molar-refractivity contribution is 7.85. The fourth-order valence-corrected chi connectivity index (χ4v) is 4.34. The Bertz CT molecular complexity index is 770. The van der Waals surface area contributed by atoms with Gasteiger partial charge in [0.05, 0.1) is 4.90 Å². The first kappa shape index (κ1) is 23.0. The van der Waals surface area contributed by atoms with Gasteiger partial charge in [-0.05, 0) is 24.6 Å². The van der Waals surface area contributed by atoms with Gasteiger partial charge in [-0.15, -0.1) is 0 Å². The van der Waals surface area contributed by atoms with Crippen molar-refractivity contribution in [3.05, 3.63) is 23.8 Å². The van der Waals surface area contributed by atoms with Crippen molar-refractivity contribution in [2.24, 2.45) is 0 Å². The molecule has 0 aliphatic rings. The molecule has 0 spiro atoms. The van der Waals surface area contributed by atoms with Gasteiger partial charge < -0.3 is 28.4 Å². The third-order valence-electron chi connectivity index (χ3n) is 3.54. The van der Waals surface area contributed by atoms with Crippen LogP contribution in [0.3, 0.4) is 0 Å². The Morgan fingerprint density at radius 2 is 1.74 bits per heavy atom. The molecule has 27 heavy (non-hydrogen) atoms. The molecule has 0 bridgehead atoms. The van der Waals surface area contributed by atoms with E-state index < -0.39 is 41.4 Å². The Balaban J connectivity index is 2.71. The van der Waals surface area contributed by atoms with Gasteiger partial charge in [-0.25, -0.2) is 9.59 Å². The molecule has 0 aliphatic heterocycles. The minimum atomic E-state index is -4.59. The number of ether oxygens (including phenoxy) is 1. The van der Waals surface area contributed by atoms with E-state index in [0.717, 1.165) is 12.1 Å². The molecule has 1 rings (SSSR count). The summed E-state index contributed by atoms with van der Waals surface area (Å²) < 4.78 is 51.7. The number of nitrogens with one attached hydrogen (secondary N) is 1. The van der Waals surface area contributed by atoms with Crippen LogP contribution in [-0.2, 0) is 23.4 Å².